The SMILES string of the molecule is CCCNC[C@]1(O)[C@H](C)O[C@@H](O[C@H]2[C@H](C)[C@@H](O[C@@H]3O[C@H](C)C[C@H](N(C)S(=O)(=O)c4cccnc4)[C@H]3O)[C@](C)(O)C[C@@H](C)CN[C@H](C)[C@@H](O)[C@](C)(O)[C@@H](CC)OC(=O)[C@@H]2C)C[C@@]1(C)OC. The Morgan fingerprint density at radius 3 is 2.28 bits per heavy atom. The fourth-order valence-electron chi connectivity index (χ4n) is 9.90. The molecule has 0 spiro atoms. The van der Waals surface area contributed by atoms with Gasteiger partial charge in [0.25, 0.3) is 0 Å². The fraction of sp³-hybridized carbons (Fsp3) is 0.867. The summed E-state index contributed by atoms with van der Waals surface area (Å²) in [7, 11) is -1.26. The van der Waals surface area contributed by atoms with Gasteiger partial charge in [-0.05, 0) is 105 Å². The van der Waals surface area contributed by atoms with Gasteiger partial charge in [-0.25, -0.2) is 8.42 Å². The van der Waals surface area contributed by atoms with Crippen LogP contribution in [0.3, 0.4) is 0 Å². The third-order valence-corrected chi connectivity index (χ3v) is 16.0. The number of carbonyl (C=O) groups excluding carboxylic acids is 1. The molecule has 0 amide bonds. The Hall–Kier alpha value is -1.95. The van der Waals surface area contributed by atoms with Gasteiger partial charge in [-0.2, -0.15) is 4.31 Å². The molecule has 1 aromatic heterocycles. The summed E-state index contributed by atoms with van der Waals surface area (Å²) in [6.07, 6.45) is -6.60. The number of hydrogen-bond donors (Lipinski definition) is 7. The Bertz CT molecular complexity index is 1750. The number of likely N-dealkylation sites (N-methyl/N-ethyl adjacent to an activating group) is 1. The zero-order valence-corrected chi connectivity index (χ0v) is 41.1. The highest BCUT2D eigenvalue weighted by atomic mass is 32.2. The second-order valence-corrected chi connectivity index (χ2v) is 21.4. The number of pyridine rings is 1. The fourth-order valence-corrected chi connectivity index (χ4v) is 11.2. The number of aliphatic hydroxyl groups excluding tert-OH is 2. The molecule has 4 heterocycles. The first-order valence-corrected chi connectivity index (χ1v) is 24.4. The molecule has 18 nitrogen and oxygen atoms in total. The predicted molar refractivity (Wildman–Crippen MR) is 237 cm³/mol. The topological polar surface area (TPSA) is 248 Å². The number of rotatable bonds is 13. The van der Waals surface area contributed by atoms with Crippen LogP contribution >= 0.6 is 0 Å². The van der Waals surface area contributed by atoms with Gasteiger partial charge in [0.2, 0.25) is 10.0 Å². The average Bonchev–Trinajstić information content (AvgIpc) is 3.24. The Kier molecular flexibility index (Phi) is 18.8. The highest BCUT2D eigenvalue weighted by Crippen LogP contribution is 2.43. The zero-order chi connectivity index (χ0) is 48.2. The van der Waals surface area contributed by atoms with Gasteiger partial charge in [0.15, 0.2) is 12.6 Å². The molecule has 0 bridgehead atoms. The van der Waals surface area contributed by atoms with Crippen LogP contribution in [0.25, 0.3) is 0 Å². The van der Waals surface area contributed by atoms with Crippen LogP contribution in [0.5, 0.6) is 0 Å². The molecule has 0 saturated carbocycles. The summed E-state index contributed by atoms with van der Waals surface area (Å²) in [6, 6.07) is 1.24. The number of esters is 1. The highest BCUT2D eigenvalue weighted by molar-refractivity contribution is 7.89. The lowest BCUT2D eigenvalue weighted by atomic mass is 9.75. The van der Waals surface area contributed by atoms with Crippen molar-refractivity contribution in [3.05, 3.63) is 24.5 Å². The number of nitrogens with zero attached hydrogens (tertiary/aromatic N) is 2. The van der Waals surface area contributed by atoms with E-state index in [1.807, 2.05) is 13.8 Å². The minimum Gasteiger partial charge on any atom is -0.459 e. The van der Waals surface area contributed by atoms with E-state index in [9.17, 15) is 38.7 Å². The van der Waals surface area contributed by atoms with E-state index in [0.29, 0.717) is 6.54 Å². The Labute approximate surface area is 381 Å². The van der Waals surface area contributed by atoms with Crippen LogP contribution in [-0.4, -0.2) is 173 Å². The van der Waals surface area contributed by atoms with E-state index in [4.69, 9.17) is 28.4 Å². The second kappa shape index (κ2) is 22.0. The van der Waals surface area contributed by atoms with Crippen molar-refractivity contribution >= 4 is 16.0 Å². The maximum absolute atomic E-state index is 14.5. The van der Waals surface area contributed by atoms with E-state index in [-0.39, 0.29) is 49.6 Å². The van der Waals surface area contributed by atoms with Crippen LogP contribution in [0, 0.1) is 17.8 Å². The highest BCUT2D eigenvalue weighted by Gasteiger charge is 2.58. The van der Waals surface area contributed by atoms with Gasteiger partial charge in [0.05, 0.1) is 42.0 Å². The van der Waals surface area contributed by atoms with Gasteiger partial charge in [-0.1, -0.05) is 27.7 Å². The molecular formula is C45H80N4O14S. The minimum absolute atomic E-state index is 0.0194. The number of ether oxygens (including phenoxy) is 6. The second-order valence-electron chi connectivity index (χ2n) is 19.4. The molecule has 4 rings (SSSR count). The van der Waals surface area contributed by atoms with Crippen LogP contribution in [0.1, 0.15) is 108 Å². The van der Waals surface area contributed by atoms with Crippen molar-refractivity contribution in [3.63, 3.8) is 0 Å². The van der Waals surface area contributed by atoms with Gasteiger partial charge in [-0.15, -0.1) is 0 Å². The average molecular weight is 933 g/mol. The monoisotopic (exact) mass is 933 g/mol. The summed E-state index contributed by atoms with van der Waals surface area (Å²) < 4.78 is 67.0. The lowest BCUT2D eigenvalue weighted by molar-refractivity contribution is -0.336. The van der Waals surface area contributed by atoms with Gasteiger partial charge < -0.3 is 64.6 Å². The molecule has 0 aliphatic carbocycles. The largest absolute Gasteiger partial charge is 0.459 e. The van der Waals surface area contributed by atoms with Crippen molar-refractivity contribution in [2.75, 3.05) is 33.8 Å². The Morgan fingerprint density at radius 2 is 1.69 bits per heavy atom. The van der Waals surface area contributed by atoms with E-state index in [0.717, 1.165) is 10.7 Å². The van der Waals surface area contributed by atoms with E-state index >= 15 is 0 Å². The van der Waals surface area contributed by atoms with E-state index < -0.39 is 118 Å². The van der Waals surface area contributed by atoms with Crippen LogP contribution < -0.4 is 10.6 Å². The molecule has 0 aromatic carbocycles. The molecule has 3 saturated heterocycles. The number of aromatic nitrogens is 1. The van der Waals surface area contributed by atoms with Gasteiger partial charge in [0.1, 0.15) is 40.0 Å². The van der Waals surface area contributed by atoms with Crippen molar-refractivity contribution < 1.29 is 67.2 Å². The molecule has 0 radical (unpaired) electrons. The molecule has 370 valence electrons. The number of aliphatic hydroxyl groups is 5. The number of nitrogens with one attached hydrogen (secondary N) is 2. The Balaban J connectivity index is 1.82. The van der Waals surface area contributed by atoms with Crippen LogP contribution in [-0.2, 0) is 43.2 Å². The zero-order valence-electron chi connectivity index (χ0n) is 40.3. The van der Waals surface area contributed by atoms with E-state index in [1.165, 1.54) is 45.6 Å². The first-order valence-electron chi connectivity index (χ1n) is 22.9. The minimum atomic E-state index is -4.13. The molecular weight excluding hydrogens is 853 g/mol. The number of carbonyl (C=O) groups is 1. The molecule has 7 N–H and O–H groups in total. The first kappa shape index (κ1) is 54.7. The summed E-state index contributed by atoms with van der Waals surface area (Å²) in [5.41, 5.74) is -6.33. The molecule has 3 aliphatic heterocycles. The normalized spacial score (nSPS) is 43.6. The third-order valence-electron chi connectivity index (χ3n) is 14.1. The van der Waals surface area contributed by atoms with Gasteiger partial charge in [0, 0.05) is 51.5 Å². The summed E-state index contributed by atoms with van der Waals surface area (Å²) >= 11 is 0. The summed E-state index contributed by atoms with van der Waals surface area (Å²) in [6.45, 7) is 20.0. The van der Waals surface area contributed by atoms with E-state index in [2.05, 4.69) is 15.6 Å². The summed E-state index contributed by atoms with van der Waals surface area (Å²) in [4.78, 5) is 18.4. The van der Waals surface area contributed by atoms with E-state index in [1.54, 1.807) is 55.4 Å². The van der Waals surface area contributed by atoms with Crippen molar-refractivity contribution in [1.82, 2.24) is 19.9 Å². The lowest BCUT2D eigenvalue weighted by Crippen LogP contribution is -2.70. The molecule has 0 unspecified atom stereocenters. The lowest BCUT2D eigenvalue weighted by Gasteiger charge is -2.53. The molecule has 3 aliphatic rings. The van der Waals surface area contributed by atoms with Crippen LogP contribution in [0.2, 0.25) is 0 Å². The van der Waals surface area contributed by atoms with Crippen molar-refractivity contribution in [3.8, 4) is 0 Å². The smallest absolute Gasteiger partial charge is 0.311 e. The Morgan fingerprint density at radius 1 is 1.02 bits per heavy atom. The first-order chi connectivity index (χ1) is 29.7. The van der Waals surface area contributed by atoms with Gasteiger partial charge in [-0.3, -0.25) is 9.78 Å². The maximum Gasteiger partial charge on any atom is 0.311 e. The predicted octanol–water partition coefficient (Wildman–Crippen LogP) is 2.08. The van der Waals surface area contributed by atoms with Crippen molar-refractivity contribution in [1.29, 1.82) is 0 Å². The molecule has 3 fully saturated rings. The summed E-state index contributed by atoms with van der Waals surface area (Å²) in [5.74, 6) is -3.13. The van der Waals surface area contributed by atoms with Crippen LogP contribution in [0.4, 0.5) is 0 Å². The standard InChI is InChI=1S/C45H80N4O14S/c1-14-18-47-25-45(55)31(8)60-35(22-43(45,10)58-13)62-37-28(5)39(63-41-36(50)33(20-27(4)59-41)49(12)64(56,57)32-17-16-19-46-24-32)42(9,53)21-26(3)23-48-30(7)38(51)44(11,54)34(15-2)61-40(52)29(37)6/h16-17,19,24,26-31,33-39,41,47-48,50-51,53-55H,14-15,18,20-23,25H2,1-13H3/t26-,27-,28+,29-,30-,31+,33+,34-,35+,36-,37+,38-,39-,41+,42-,43-,44-,45+/m1/s1. The molecule has 19 heteroatoms. The number of sulfonamides is 1. The third kappa shape index (κ3) is 11.8. The van der Waals surface area contributed by atoms with Gasteiger partial charge >= 0.3 is 5.97 Å². The van der Waals surface area contributed by atoms with Crippen molar-refractivity contribution in [2.24, 2.45) is 17.8 Å². The molecule has 1 aromatic rings. The molecule has 64 heavy (non-hydrogen) atoms. The number of hydrogen-bond acceptors (Lipinski definition) is 17. The quantitative estimate of drug-likeness (QED) is 0.111. The number of cyclic esters (lactones) is 1. The van der Waals surface area contributed by atoms with Crippen molar-refractivity contribution in [2.45, 2.75) is 203 Å². The van der Waals surface area contributed by atoms with Crippen LogP contribution in [0.15, 0.2) is 29.4 Å². The number of methoxy groups -OCH3 is 1. The summed E-state index contributed by atoms with van der Waals surface area (Å²) in [5, 5.41) is 66.6. The molecule has 18 atom stereocenters. The maximum atomic E-state index is 14.5.